The van der Waals surface area contributed by atoms with Gasteiger partial charge in [0.1, 0.15) is 11.4 Å². The molecule has 80 valence electrons. The maximum absolute atomic E-state index is 11.0. The second kappa shape index (κ2) is 4.52. The number of nitrogens with two attached hydrogens (primary N) is 3. The van der Waals surface area contributed by atoms with Gasteiger partial charge >= 0.3 is 0 Å². The summed E-state index contributed by atoms with van der Waals surface area (Å²) in [7, 11) is 0. The average Bonchev–Trinajstić information content (AvgIpc) is 2.18. The second-order valence-electron chi connectivity index (χ2n) is 2.97. The summed E-state index contributed by atoms with van der Waals surface area (Å²) in [5, 5.41) is 0. The maximum Gasteiger partial charge on any atom is 0.267 e. The smallest absolute Gasteiger partial charge is 0.267 e. The van der Waals surface area contributed by atoms with E-state index in [4.69, 9.17) is 17.2 Å². The normalized spacial score (nSPS) is 9.93. The van der Waals surface area contributed by atoms with E-state index in [1.807, 2.05) is 0 Å². The third kappa shape index (κ3) is 2.50. The highest BCUT2D eigenvalue weighted by atomic mass is 16.1. The molecule has 0 aliphatic heterocycles. The third-order valence-corrected chi connectivity index (χ3v) is 1.88. The van der Waals surface area contributed by atoms with Gasteiger partial charge in [-0.15, -0.1) is 0 Å². The van der Waals surface area contributed by atoms with Crippen molar-refractivity contribution >= 4 is 11.8 Å². The molecule has 0 unspecified atom stereocenters. The van der Waals surface area contributed by atoms with E-state index in [1.54, 1.807) is 6.07 Å². The Labute approximate surface area is 86.5 Å². The lowest BCUT2D eigenvalue weighted by Crippen LogP contribution is -2.21. The van der Waals surface area contributed by atoms with Gasteiger partial charge in [0.05, 0.1) is 0 Å². The first-order valence-corrected chi connectivity index (χ1v) is 4.36. The summed E-state index contributed by atoms with van der Waals surface area (Å²) in [6, 6.07) is 3.03. The topological polar surface area (TPSA) is 125 Å². The standard InChI is InChI=1S/C9H12N4O2/c10-4-3-5-1-2-6(8(11)14)13-7(5)9(12)15/h1-2H,3-4,10H2,(H2,11,14)(H2,12,15). The van der Waals surface area contributed by atoms with Crippen LogP contribution < -0.4 is 17.2 Å². The fraction of sp³-hybridized carbons (Fsp3) is 0.222. The quantitative estimate of drug-likeness (QED) is 0.573. The summed E-state index contributed by atoms with van der Waals surface area (Å²) in [5.74, 6) is -1.39. The van der Waals surface area contributed by atoms with E-state index >= 15 is 0 Å². The molecule has 1 aromatic rings. The Kier molecular flexibility index (Phi) is 3.35. The predicted octanol–water partition coefficient (Wildman–Crippen LogP) is -1.22. The Morgan fingerprint density at radius 1 is 1.20 bits per heavy atom. The zero-order valence-corrected chi connectivity index (χ0v) is 8.06. The fourth-order valence-corrected chi connectivity index (χ4v) is 1.20. The van der Waals surface area contributed by atoms with Crippen molar-refractivity contribution in [1.29, 1.82) is 0 Å². The molecule has 6 N–H and O–H groups in total. The minimum absolute atomic E-state index is 0.0181. The SMILES string of the molecule is NCCc1ccc(C(N)=O)nc1C(N)=O. The molecule has 0 atom stereocenters. The highest BCUT2D eigenvalue weighted by Crippen LogP contribution is 2.07. The average molecular weight is 208 g/mol. The molecule has 0 saturated carbocycles. The zero-order valence-electron chi connectivity index (χ0n) is 8.06. The molecular formula is C9H12N4O2. The number of hydrogen-bond acceptors (Lipinski definition) is 4. The van der Waals surface area contributed by atoms with Crippen molar-refractivity contribution in [2.75, 3.05) is 6.54 Å². The van der Waals surface area contributed by atoms with Crippen LogP contribution in [0, 0.1) is 0 Å². The van der Waals surface area contributed by atoms with Crippen LogP contribution in [0.2, 0.25) is 0 Å². The first-order chi connectivity index (χ1) is 7.06. The molecule has 0 aliphatic rings. The molecule has 0 aliphatic carbocycles. The van der Waals surface area contributed by atoms with Gasteiger partial charge in [0, 0.05) is 0 Å². The molecule has 0 spiro atoms. The molecule has 1 heterocycles. The molecule has 0 fully saturated rings. The minimum Gasteiger partial charge on any atom is -0.364 e. The first kappa shape index (κ1) is 11.1. The number of nitrogens with zero attached hydrogens (tertiary/aromatic N) is 1. The molecule has 6 nitrogen and oxygen atoms in total. The van der Waals surface area contributed by atoms with Crippen LogP contribution in [-0.2, 0) is 6.42 Å². The summed E-state index contributed by atoms with van der Waals surface area (Å²) in [5.41, 5.74) is 16.2. The number of rotatable bonds is 4. The first-order valence-electron chi connectivity index (χ1n) is 4.36. The van der Waals surface area contributed by atoms with Crippen molar-refractivity contribution in [3.8, 4) is 0 Å². The summed E-state index contributed by atoms with van der Waals surface area (Å²) in [4.78, 5) is 25.7. The van der Waals surface area contributed by atoms with Crippen LogP contribution in [0.25, 0.3) is 0 Å². The Bertz CT molecular complexity index is 403. The molecule has 0 bridgehead atoms. The summed E-state index contributed by atoms with van der Waals surface area (Å²) in [6.45, 7) is 0.373. The largest absolute Gasteiger partial charge is 0.364 e. The second-order valence-corrected chi connectivity index (χ2v) is 2.97. The van der Waals surface area contributed by atoms with E-state index in [2.05, 4.69) is 4.98 Å². The van der Waals surface area contributed by atoms with Crippen molar-refractivity contribution in [3.63, 3.8) is 0 Å². The van der Waals surface area contributed by atoms with E-state index in [1.165, 1.54) is 6.07 Å². The van der Waals surface area contributed by atoms with Gasteiger partial charge in [0.25, 0.3) is 11.8 Å². The highest BCUT2D eigenvalue weighted by Gasteiger charge is 2.12. The van der Waals surface area contributed by atoms with Crippen LogP contribution in [0.5, 0.6) is 0 Å². The van der Waals surface area contributed by atoms with Crippen molar-refractivity contribution < 1.29 is 9.59 Å². The number of hydrogen-bond donors (Lipinski definition) is 3. The van der Waals surface area contributed by atoms with Gasteiger partial charge < -0.3 is 17.2 Å². The van der Waals surface area contributed by atoms with Crippen LogP contribution in [0.15, 0.2) is 12.1 Å². The lowest BCUT2D eigenvalue weighted by atomic mass is 10.1. The number of carbonyl (C=O) groups is 2. The molecule has 1 aromatic heterocycles. The zero-order chi connectivity index (χ0) is 11.4. The van der Waals surface area contributed by atoms with Crippen molar-refractivity contribution in [2.24, 2.45) is 17.2 Å². The van der Waals surface area contributed by atoms with Crippen LogP contribution in [0.4, 0.5) is 0 Å². The lowest BCUT2D eigenvalue weighted by Gasteiger charge is -2.05. The number of aromatic nitrogens is 1. The van der Waals surface area contributed by atoms with E-state index in [-0.39, 0.29) is 11.4 Å². The Morgan fingerprint density at radius 2 is 1.87 bits per heavy atom. The van der Waals surface area contributed by atoms with Gasteiger partial charge in [0.15, 0.2) is 0 Å². The maximum atomic E-state index is 11.0. The van der Waals surface area contributed by atoms with E-state index in [0.29, 0.717) is 18.5 Å². The Hall–Kier alpha value is -1.95. The molecule has 0 radical (unpaired) electrons. The molecule has 15 heavy (non-hydrogen) atoms. The van der Waals surface area contributed by atoms with Gasteiger partial charge in [-0.3, -0.25) is 9.59 Å². The molecule has 0 saturated heterocycles. The van der Waals surface area contributed by atoms with E-state index < -0.39 is 11.8 Å². The number of amides is 2. The molecule has 6 heteroatoms. The van der Waals surface area contributed by atoms with Gasteiger partial charge in [-0.2, -0.15) is 0 Å². The van der Waals surface area contributed by atoms with Crippen LogP contribution in [-0.4, -0.2) is 23.3 Å². The van der Waals surface area contributed by atoms with Gasteiger partial charge in [0.2, 0.25) is 0 Å². The summed E-state index contributed by atoms with van der Waals surface area (Å²) >= 11 is 0. The molecule has 0 aromatic carbocycles. The Balaban J connectivity index is 3.20. The van der Waals surface area contributed by atoms with Crippen LogP contribution >= 0.6 is 0 Å². The molecular weight excluding hydrogens is 196 g/mol. The van der Waals surface area contributed by atoms with Crippen molar-refractivity contribution in [3.05, 3.63) is 29.1 Å². The lowest BCUT2D eigenvalue weighted by molar-refractivity contribution is 0.0991. The van der Waals surface area contributed by atoms with Crippen molar-refractivity contribution in [2.45, 2.75) is 6.42 Å². The predicted molar refractivity (Wildman–Crippen MR) is 54.0 cm³/mol. The Morgan fingerprint density at radius 3 is 2.33 bits per heavy atom. The van der Waals surface area contributed by atoms with E-state index in [9.17, 15) is 9.59 Å². The van der Waals surface area contributed by atoms with Crippen molar-refractivity contribution in [1.82, 2.24) is 4.98 Å². The van der Waals surface area contributed by atoms with Crippen LogP contribution in [0.1, 0.15) is 26.5 Å². The molecule has 2 amide bonds. The third-order valence-electron chi connectivity index (χ3n) is 1.88. The van der Waals surface area contributed by atoms with E-state index in [0.717, 1.165) is 0 Å². The summed E-state index contributed by atoms with van der Waals surface area (Å²) in [6.07, 6.45) is 0.477. The van der Waals surface area contributed by atoms with Gasteiger partial charge in [-0.25, -0.2) is 4.98 Å². The number of pyridine rings is 1. The van der Waals surface area contributed by atoms with Gasteiger partial charge in [-0.1, -0.05) is 6.07 Å². The number of carbonyl (C=O) groups excluding carboxylic acids is 2. The monoisotopic (exact) mass is 208 g/mol. The highest BCUT2D eigenvalue weighted by molar-refractivity contribution is 5.95. The molecule has 1 rings (SSSR count). The fourth-order valence-electron chi connectivity index (χ4n) is 1.20. The summed E-state index contributed by atoms with van der Waals surface area (Å²) < 4.78 is 0. The van der Waals surface area contributed by atoms with Crippen LogP contribution in [0.3, 0.4) is 0 Å². The van der Waals surface area contributed by atoms with Gasteiger partial charge in [-0.05, 0) is 24.6 Å². The number of primary amides is 2. The minimum atomic E-state index is -0.697.